The Hall–Kier alpha value is -1.56. The van der Waals surface area contributed by atoms with Crippen LogP contribution in [0.25, 0.3) is 0 Å². The summed E-state index contributed by atoms with van der Waals surface area (Å²) >= 11 is 0. The zero-order valence-electron chi connectivity index (χ0n) is 13.3. The van der Waals surface area contributed by atoms with Gasteiger partial charge in [0.05, 0.1) is 24.0 Å². The summed E-state index contributed by atoms with van der Waals surface area (Å²) < 4.78 is 28.6. The SMILES string of the molecule is Cc1cc(C)cc(OCCN(C)C(=O)C2CCS(=O)(=O)C2)c1. The molecule has 0 N–H and O–H groups in total. The quantitative estimate of drug-likeness (QED) is 0.824. The molecule has 1 aliphatic rings. The van der Waals surface area contributed by atoms with E-state index in [9.17, 15) is 13.2 Å². The number of amides is 1. The van der Waals surface area contributed by atoms with Crippen molar-refractivity contribution in [3.63, 3.8) is 0 Å². The van der Waals surface area contributed by atoms with Crippen molar-refractivity contribution in [3.8, 4) is 5.75 Å². The number of carbonyl (C=O) groups is 1. The maximum absolute atomic E-state index is 12.2. The van der Waals surface area contributed by atoms with E-state index in [0.717, 1.165) is 16.9 Å². The molecule has 1 aliphatic heterocycles. The molecule has 1 amide bonds. The van der Waals surface area contributed by atoms with E-state index in [1.54, 1.807) is 11.9 Å². The molecule has 6 heteroatoms. The van der Waals surface area contributed by atoms with Gasteiger partial charge in [0.1, 0.15) is 12.4 Å². The minimum absolute atomic E-state index is 0.0197. The molecule has 1 saturated heterocycles. The molecule has 1 unspecified atom stereocenters. The molecule has 0 saturated carbocycles. The van der Waals surface area contributed by atoms with Gasteiger partial charge in [-0.05, 0) is 43.5 Å². The highest BCUT2D eigenvalue weighted by atomic mass is 32.2. The minimum atomic E-state index is -3.03. The van der Waals surface area contributed by atoms with Crippen LogP contribution in [0.1, 0.15) is 17.5 Å². The molecule has 0 aromatic heterocycles. The Kier molecular flexibility index (Phi) is 5.11. The number of likely N-dealkylation sites (N-methyl/N-ethyl adjacent to an activating group) is 1. The van der Waals surface area contributed by atoms with Crippen molar-refractivity contribution in [2.45, 2.75) is 20.3 Å². The topological polar surface area (TPSA) is 63.7 Å². The normalized spacial score (nSPS) is 19.9. The molecule has 0 spiro atoms. The van der Waals surface area contributed by atoms with Crippen LogP contribution in [0.4, 0.5) is 0 Å². The summed E-state index contributed by atoms with van der Waals surface area (Å²) in [5.74, 6) is 0.396. The molecule has 0 radical (unpaired) electrons. The van der Waals surface area contributed by atoms with Gasteiger partial charge in [0.2, 0.25) is 5.91 Å². The molecular formula is C16H23NO4S. The Bertz CT molecular complexity index is 634. The zero-order chi connectivity index (χ0) is 16.3. The molecule has 1 fully saturated rings. The lowest BCUT2D eigenvalue weighted by atomic mass is 10.1. The van der Waals surface area contributed by atoms with E-state index in [-0.39, 0.29) is 17.4 Å². The van der Waals surface area contributed by atoms with Crippen LogP contribution in [0.3, 0.4) is 0 Å². The zero-order valence-corrected chi connectivity index (χ0v) is 14.1. The van der Waals surface area contributed by atoms with Crippen molar-refractivity contribution >= 4 is 15.7 Å². The molecule has 22 heavy (non-hydrogen) atoms. The van der Waals surface area contributed by atoms with Gasteiger partial charge in [0.25, 0.3) is 0 Å². The van der Waals surface area contributed by atoms with Gasteiger partial charge in [0.15, 0.2) is 9.84 Å². The average Bonchev–Trinajstić information content (AvgIpc) is 2.77. The molecule has 1 atom stereocenters. The summed E-state index contributed by atoms with van der Waals surface area (Å²) in [5, 5.41) is 0. The summed E-state index contributed by atoms with van der Waals surface area (Å²) in [6.45, 7) is 4.86. The summed E-state index contributed by atoms with van der Waals surface area (Å²) in [7, 11) is -1.33. The Morgan fingerprint density at radius 2 is 1.91 bits per heavy atom. The fourth-order valence-electron chi connectivity index (χ4n) is 2.73. The van der Waals surface area contributed by atoms with Gasteiger partial charge in [-0.3, -0.25) is 4.79 Å². The molecule has 0 aliphatic carbocycles. The number of hydrogen-bond acceptors (Lipinski definition) is 4. The Morgan fingerprint density at radius 1 is 1.27 bits per heavy atom. The molecule has 0 bridgehead atoms. The number of carbonyl (C=O) groups excluding carboxylic acids is 1. The fourth-order valence-corrected chi connectivity index (χ4v) is 4.46. The van der Waals surface area contributed by atoms with Crippen LogP contribution in [0.15, 0.2) is 18.2 Å². The summed E-state index contributed by atoms with van der Waals surface area (Å²) in [4.78, 5) is 13.8. The monoisotopic (exact) mass is 325 g/mol. The number of hydrogen-bond donors (Lipinski definition) is 0. The minimum Gasteiger partial charge on any atom is -0.492 e. The Morgan fingerprint density at radius 3 is 2.45 bits per heavy atom. The van der Waals surface area contributed by atoms with E-state index in [2.05, 4.69) is 6.07 Å². The van der Waals surface area contributed by atoms with E-state index >= 15 is 0 Å². The largest absolute Gasteiger partial charge is 0.492 e. The third kappa shape index (κ3) is 4.47. The summed E-state index contributed by atoms with van der Waals surface area (Å²) in [6, 6.07) is 5.99. The molecule has 1 aromatic carbocycles. The molecule has 1 aromatic rings. The van der Waals surface area contributed by atoms with Crippen molar-refractivity contribution in [1.82, 2.24) is 4.90 Å². The van der Waals surface area contributed by atoms with Crippen LogP contribution in [-0.4, -0.2) is 50.9 Å². The first kappa shape index (κ1) is 16.8. The van der Waals surface area contributed by atoms with Gasteiger partial charge in [-0.15, -0.1) is 0 Å². The van der Waals surface area contributed by atoms with Crippen molar-refractivity contribution in [2.75, 3.05) is 31.7 Å². The fraction of sp³-hybridized carbons (Fsp3) is 0.562. The molecule has 5 nitrogen and oxygen atoms in total. The lowest BCUT2D eigenvalue weighted by molar-refractivity contribution is -0.133. The van der Waals surface area contributed by atoms with Gasteiger partial charge in [-0.2, -0.15) is 0 Å². The lowest BCUT2D eigenvalue weighted by Crippen LogP contribution is -2.36. The van der Waals surface area contributed by atoms with Gasteiger partial charge in [-0.1, -0.05) is 6.07 Å². The van der Waals surface area contributed by atoms with E-state index < -0.39 is 15.8 Å². The maximum Gasteiger partial charge on any atom is 0.226 e. The molecular weight excluding hydrogens is 302 g/mol. The predicted molar refractivity (Wildman–Crippen MR) is 85.8 cm³/mol. The van der Waals surface area contributed by atoms with Crippen molar-refractivity contribution in [1.29, 1.82) is 0 Å². The summed E-state index contributed by atoms with van der Waals surface area (Å²) in [6.07, 6.45) is 0.434. The van der Waals surface area contributed by atoms with E-state index in [1.165, 1.54) is 0 Å². The van der Waals surface area contributed by atoms with Crippen LogP contribution < -0.4 is 4.74 Å². The molecule has 2 rings (SSSR count). The van der Waals surface area contributed by atoms with Gasteiger partial charge < -0.3 is 9.64 Å². The standard InChI is InChI=1S/C16H23NO4S/c1-12-8-13(2)10-15(9-12)21-6-5-17(3)16(18)14-4-7-22(19,20)11-14/h8-10,14H,4-7,11H2,1-3H3. The van der Waals surface area contributed by atoms with Crippen molar-refractivity contribution in [3.05, 3.63) is 29.3 Å². The van der Waals surface area contributed by atoms with Gasteiger partial charge >= 0.3 is 0 Å². The first-order valence-corrected chi connectivity index (χ1v) is 9.25. The van der Waals surface area contributed by atoms with Crippen LogP contribution in [0, 0.1) is 19.8 Å². The van der Waals surface area contributed by atoms with E-state index in [0.29, 0.717) is 19.6 Å². The highest BCUT2D eigenvalue weighted by molar-refractivity contribution is 7.91. The second kappa shape index (κ2) is 6.69. The number of rotatable bonds is 5. The Balaban J connectivity index is 1.82. The second-order valence-electron chi connectivity index (χ2n) is 6.03. The number of benzene rings is 1. The second-order valence-corrected chi connectivity index (χ2v) is 8.26. The first-order chi connectivity index (χ1) is 10.3. The maximum atomic E-state index is 12.2. The van der Waals surface area contributed by atoms with Crippen molar-refractivity contribution < 1.29 is 17.9 Å². The molecule has 122 valence electrons. The number of ether oxygens (including phenoxy) is 1. The van der Waals surface area contributed by atoms with Gasteiger partial charge in [-0.25, -0.2) is 8.42 Å². The molecule has 1 heterocycles. The highest BCUT2D eigenvalue weighted by Gasteiger charge is 2.34. The Labute approximate surface area is 132 Å². The number of aryl methyl sites for hydroxylation is 2. The smallest absolute Gasteiger partial charge is 0.226 e. The lowest BCUT2D eigenvalue weighted by Gasteiger charge is -2.20. The van der Waals surface area contributed by atoms with Crippen LogP contribution in [0.2, 0.25) is 0 Å². The van der Waals surface area contributed by atoms with Crippen molar-refractivity contribution in [2.24, 2.45) is 5.92 Å². The highest BCUT2D eigenvalue weighted by Crippen LogP contribution is 2.20. The van der Waals surface area contributed by atoms with Crippen LogP contribution in [0.5, 0.6) is 5.75 Å². The van der Waals surface area contributed by atoms with Gasteiger partial charge in [0, 0.05) is 7.05 Å². The average molecular weight is 325 g/mol. The number of sulfone groups is 1. The summed E-state index contributed by atoms with van der Waals surface area (Å²) in [5.41, 5.74) is 2.27. The third-order valence-corrected chi connectivity index (χ3v) is 5.62. The number of nitrogens with zero attached hydrogens (tertiary/aromatic N) is 1. The predicted octanol–water partition coefficient (Wildman–Crippen LogP) is 1.58. The van der Waals surface area contributed by atoms with E-state index in [1.807, 2.05) is 26.0 Å². The third-order valence-electron chi connectivity index (χ3n) is 3.85. The van der Waals surface area contributed by atoms with Crippen LogP contribution >= 0.6 is 0 Å². The van der Waals surface area contributed by atoms with Crippen LogP contribution in [-0.2, 0) is 14.6 Å². The first-order valence-electron chi connectivity index (χ1n) is 7.43. The van der Waals surface area contributed by atoms with E-state index in [4.69, 9.17) is 4.74 Å².